The van der Waals surface area contributed by atoms with Crippen LogP contribution >= 0.6 is 11.6 Å². The Hall–Kier alpha value is -16.0. The molecule has 0 aliphatic carbocycles. The number of benzene rings is 18. The normalized spacial score (nSPS) is 13.0. The van der Waals surface area contributed by atoms with Crippen molar-refractivity contribution in [3.63, 3.8) is 0 Å². The van der Waals surface area contributed by atoms with Gasteiger partial charge in [0.25, 0.3) is 0 Å². The molecule has 0 saturated heterocycles. The summed E-state index contributed by atoms with van der Waals surface area (Å²) in [7, 11) is -15.6. The van der Waals surface area contributed by atoms with Gasteiger partial charge in [-0.05, 0) is 393 Å². The fourth-order valence-electron chi connectivity index (χ4n) is 16.5. The van der Waals surface area contributed by atoms with Crippen LogP contribution in [0, 0.1) is 6.92 Å². The summed E-state index contributed by atoms with van der Waals surface area (Å²) in [4.78, 5) is 0.694. The number of rotatable bonds is 31. The molecule has 0 aromatic heterocycles. The van der Waals surface area contributed by atoms with Gasteiger partial charge in [0.2, 0.25) is 39.3 Å². The molecule has 18 rings (SSSR count). The maximum Gasteiger partial charge on any atom is 0.206 e. The highest BCUT2D eigenvalue weighted by atomic mass is 35.5. The van der Waals surface area contributed by atoms with Gasteiger partial charge in [0, 0.05) is 21.3 Å². The van der Waals surface area contributed by atoms with Crippen LogP contribution in [-0.2, 0) is 55.6 Å². The van der Waals surface area contributed by atoms with Gasteiger partial charge in [-0.2, -0.15) is 0 Å². The molecule has 0 fully saturated rings. The molecule has 18 nitrogen and oxygen atoms in total. The number of halogens is 1. The number of hydrogen-bond donors (Lipinski definition) is 3. The lowest BCUT2D eigenvalue weighted by atomic mass is 9.71. The number of ether oxygens (including phenoxy) is 7. The van der Waals surface area contributed by atoms with Crippen molar-refractivity contribution < 1.29 is 82.1 Å². The third kappa shape index (κ3) is 19.7. The van der Waals surface area contributed by atoms with Crippen LogP contribution < -0.4 is 33.2 Å². The van der Waals surface area contributed by atoms with Crippen molar-refractivity contribution in [2.45, 2.75) is 83.1 Å². The van der Waals surface area contributed by atoms with Gasteiger partial charge in [-0.3, -0.25) is 0 Å². The molecule has 3 unspecified atom stereocenters. The van der Waals surface area contributed by atoms with Gasteiger partial charge < -0.3 is 48.5 Å². The first-order valence-electron chi connectivity index (χ1n) is 43.7. The summed E-state index contributed by atoms with van der Waals surface area (Å²) in [5, 5.41) is 31.5. The first-order valence-corrected chi connectivity index (χ1v) is 50.0. The van der Waals surface area contributed by atoms with E-state index in [9.17, 15) is 49.0 Å². The molecule has 0 radical (unpaired) electrons. The molecule has 0 heterocycles. The van der Waals surface area contributed by atoms with Crippen LogP contribution in [0.1, 0.15) is 76.4 Å². The Kier molecular flexibility index (Phi) is 25.8. The zero-order valence-electron chi connectivity index (χ0n) is 74.5. The number of hydrogen-bond acceptors (Lipinski definition) is 18. The Bertz CT molecular complexity index is 7780. The molecule has 0 aliphatic heterocycles. The largest absolute Gasteiger partial charge is 0.508 e. The Balaban J connectivity index is 0.477. The lowest BCUT2D eigenvalue weighted by molar-refractivity contribution is 0.474. The van der Waals surface area contributed by atoms with E-state index in [0.717, 1.165) is 55.6 Å². The molecule has 18 aromatic carbocycles. The first-order chi connectivity index (χ1) is 66.4. The molecule has 0 aliphatic rings. The van der Waals surface area contributed by atoms with E-state index in [1.165, 1.54) is 109 Å². The Labute approximate surface area is 805 Å². The van der Waals surface area contributed by atoms with Gasteiger partial charge in [-0.15, -0.1) is 0 Å². The molecule has 686 valence electrons. The van der Waals surface area contributed by atoms with Crippen molar-refractivity contribution >= 4 is 50.9 Å². The molecule has 18 aromatic rings. The summed E-state index contributed by atoms with van der Waals surface area (Å²) in [5.74, 6) is 7.03. The van der Waals surface area contributed by atoms with E-state index in [1.807, 2.05) is 213 Å². The summed E-state index contributed by atoms with van der Waals surface area (Å²) in [6.07, 6.45) is 0. The van der Waals surface area contributed by atoms with Gasteiger partial charge in [-0.25, -0.2) is 33.7 Å². The summed E-state index contributed by atoms with van der Waals surface area (Å²) in [5.41, 5.74) is 6.88. The van der Waals surface area contributed by atoms with E-state index < -0.39 is 55.6 Å². The Morgan fingerprint density at radius 2 is 0.283 bits per heavy atom. The molecule has 3 N–H and O–H groups in total. The summed E-state index contributed by atoms with van der Waals surface area (Å²) in [6.45, 7) is 8.21. The monoisotopic (exact) mass is 1920 g/mol. The van der Waals surface area contributed by atoms with Crippen molar-refractivity contribution in [3.8, 4) is 97.7 Å². The van der Waals surface area contributed by atoms with E-state index in [1.54, 1.807) is 121 Å². The topological polar surface area (TPSA) is 262 Å². The molecule has 0 saturated carbocycles. The van der Waals surface area contributed by atoms with Crippen LogP contribution in [0.25, 0.3) is 0 Å². The minimum atomic E-state index is -3.99. The second-order valence-corrected chi connectivity index (χ2v) is 41.7. The lowest BCUT2D eigenvalue weighted by Gasteiger charge is -2.32. The predicted octanol–water partition coefficient (Wildman–Crippen LogP) is 27.7. The van der Waals surface area contributed by atoms with Crippen LogP contribution in [-0.4, -0.2) is 49.0 Å². The smallest absolute Gasteiger partial charge is 0.206 e. The molecule has 23 heteroatoms. The van der Waals surface area contributed by atoms with Crippen molar-refractivity contribution in [1.82, 2.24) is 0 Å². The highest BCUT2D eigenvalue weighted by molar-refractivity contribution is 7.92. The van der Waals surface area contributed by atoms with Gasteiger partial charge in [0.05, 0.1) is 39.2 Å². The third-order valence-corrected chi connectivity index (χ3v) is 32.1. The van der Waals surface area contributed by atoms with Crippen LogP contribution in [0.5, 0.6) is 97.7 Å². The SMILES string of the molecule is Cc1ccc(Oc2ccc(S(=O)(=O)c3ccc(Oc4ccc(C(C)(c5ccc(O)cc5)c5ccc(Oc6ccc(S(=O)(=O)c7ccc(Oc8ccc(C(C)(c9ccc(O)cc9)c9ccc(Oc%10ccc(S(=O)(=O)c%11ccc(Oc%12ccc(C(C)(c%13ccc(O)cc%13)c%13ccc(Oc%14ccc(S(=O)(=O)c%15ccc(Cl)cc%15)cc%14)cc%13)cc%12)cc%11)cc%10)cc9)cc8)cc7)cc6)cc5)cc4)cc3)cc2)cc1. The Morgan fingerprint density at radius 3 is 0.420 bits per heavy atom. The van der Waals surface area contributed by atoms with E-state index in [0.29, 0.717) is 85.5 Å². The van der Waals surface area contributed by atoms with Crippen LogP contribution in [0.2, 0.25) is 5.02 Å². The standard InChI is InChI=1S/C115H87ClO18S4/c1-77-5-33-91(34-6-77)128-98-47-65-107(66-48-98)136(122,123)108-67-51-100(52-68-108)130-93-37-17-83(18-38-93)114(3,79-9-29-89(118)30-10-79)84-19-41-95(42-20-84)132-102-55-73-111(74-56-102)138(126,127)112-75-59-104(60-76-112)134-97-45-23-86(24-46-97)115(4,80-11-31-90(119)32-12-80)85-21-43-96(44-22-85)133-103-57-71-110(72-58-103)137(124,125)109-69-53-101(54-70-109)131-94-39-15-82(16-40-94)113(2,78-7-27-88(117)28-8-78)81-13-35-92(36-14-81)129-99-49-63-106(64-50-99)135(120,121)105-61-25-87(116)26-62-105/h5-76,117-119H,1-4H3. The average molecular weight is 1920 g/mol. The zero-order chi connectivity index (χ0) is 96.1. The minimum Gasteiger partial charge on any atom is -0.508 e. The number of phenols is 3. The summed E-state index contributed by atoms with van der Waals surface area (Å²) >= 11 is 6.00. The first kappa shape index (κ1) is 92.5. The molecule has 138 heavy (non-hydrogen) atoms. The van der Waals surface area contributed by atoms with Crippen LogP contribution in [0.3, 0.4) is 0 Å². The predicted molar refractivity (Wildman–Crippen MR) is 530 cm³/mol. The highest BCUT2D eigenvalue weighted by Gasteiger charge is 2.36. The van der Waals surface area contributed by atoms with Crippen molar-refractivity contribution in [1.29, 1.82) is 0 Å². The highest BCUT2D eigenvalue weighted by Crippen LogP contribution is 2.47. The van der Waals surface area contributed by atoms with Crippen molar-refractivity contribution in [2.75, 3.05) is 0 Å². The molecular formula is C115H87ClO18S4. The summed E-state index contributed by atoms with van der Waals surface area (Å²) < 4.78 is 154. The van der Waals surface area contributed by atoms with Gasteiger partial charge >= 0.3 is 0 Å². The van der Waals surface area contributed by atoms with Crippen LogP contribution in [0.4, 0.5) is 0 Å². The molecular weight excluding hydrogens is 1830 g/mol. The zero-order valence-corrected chi connectivity index (χ0v) is 78.6. The lowest BCUT2D eigenvalue weighted by Crippen LogP contribution is -2.25. The van der Waals surface area contributed by atoms with E-state index in [-0.39, 0.29) is 56.4 Å². The quantitative estimate of drug-likeness (QED) is 0.0341. The molecule has 3 atom stereocenters. The maximum atomic E-state index is 14.1. The number of aryl methyl sites for hydroxylation is 1. The number of phenolic OH excluding ortho intramolecular Hbond substituents is 3. The average Bonchev–Trinajstić information content (AvgIpc) is 0.761. The fourth-order valence-corrected chi connectivity index (χ4v) is 21.7. The molecule has 0 spiro atoms. The maximum absolute atomic E-state index is 14.1. The fraction of sp³-hybridized carbons (Fsp3) is 0.0609. The van der Waals surface area contributed by atoms with Crippen molar-refractivity contribution in [2.24, 2.45) is 0 Å². The van der Waals surface area contributed by atoms with Gasteiger partial charge in [0.15, 0.2) is 0 Å². The van der Waals surface area contributed by atoms with E-state index >= 15 is 0 Å². The molecule has 0 amide bonds. The third-order valence-electron chi connectivity index (χ3n) is 24.7. The molecule has 0 bridgehead atoms. The number of sulfone groups is 4. The van der Waals surface area contributed by atoms with Crippen molar-refractivity contribution in [3.05, 3.63) is 497 Å². The second kappa shape index (κ2) is 38.4. The van der Waals surface area contributed by atoms with Gasteiger partial charge in [-0.1, -0.05) is 138 Å². The Morgan fingerprint density at radius 1 is 0.174 bits per heavy atom. The second-order valence-electron chi connectivity index (χ2n) is 33.5. The summed E-state index contributed by atoms with van der Waals surface area (Å²) in [6, 6.07) is 124. The van der Waals surface area contributed by atoms with E-state index in [2.05, 4.69) is 20.8 Å². The van der Waals surface area contributed by atoms with E-state index in [4.69, 9.17) is 44.8 Å². The number of aromatic hydroxyl groups is 3. The van der Waals surface area contributed by atoms with Crippen LogP contribution in [0.15, 0.2) is 476 Å². The minimum absolute atomic E-state index is 0.0550. The van der Waals surface area contributed by atoms with Gasteiger partial charge in [0.1, 0.15) is 97.7 Å².